The fraction of sp³-hybridized carbons (Fsp3) is 0.625. The average molecular weight is 292 g/mol. The number of carbonyl (C=O) groups is 1. The minimum Gasteiger partial charge on any atom is -0.481 e. The molecule has 1 fully saturated rings. The van der Waals surface area contributed by atoms with Crippen molar-refractivity contribution in [3.05, 3.63) is 17.8 Å². The van der Waals surface area contributed by atoms with Gasteiger partial charge in [-0.2, -0.15) is 0 Å². The number of ether oxygens (including phenoxy) is 2. The molecule has 0 saturated heterocycles. The molecule has 5 nitrogen and oxygen atoms in total. The number of amides is 1. The largest absolute Gasteiger partial charge is 0.481 e. The molecule has 1 aliphatic rings. The van der Waals surface area contributed by atoms with Gasteiger partial charge in [0.1, 0.15) is 5.60 Å². The van der Waals surface area contributed by atoms with Gasteiger partial charge in [0.2, 0.25) is 5.88 Å². The van der Waals surface area contributed by atoms with Crippen LogP contribution < -0.4 is 10.1 Å². The molecule has 1 aromatic heterocycles. The maximum Gasteiger partial charge on any atom is 0.256 e. The van der Waals surface area contributed by atoms with Gasteiger partial charge in [0, 0.05) is 12.7 Å². The van der Waals surface area contributed by atoms with Crippen LogP contribution in [0.1, 0.15) is 38.2 Å². The Hall–Kier alpha value is -1.62. The lowest BCUT2D eigenvalue weighted by Gasteiger charge is -2.37. The van der Waals surface area contributed by atoms with E-state index in [1.54, 1.807) is 20.4 Å². The Bertz CT molecular complexity index is 518. The van der Waals surface area contributed by atoms with Crippen molar-refractivity contribution in [2.45, 2.75) is 45.1 Å². The number of hydrogen-bond donors (Lipinski definition) is 1. The third-order valence-electron chi connectivity index (χ3n) is 4.24. The molecule has 21 heavy (non-hydrogen) atoms. The summed E-state index contributed by atoms with van der Waals surface area (Å²) < 4.78 is 10.7. The van der Waals surface area contributed by atoms with E-state index in [0.717, 1.165) is 31.2 Å². The van der Waals surface area contributed by atoms with Gasteiger partial charge in [0.25, 0.3) is 5.91 Å². The van der Waals surface area contributed by atoms with Crippen LogP contribution >= 0.6 is 0 Å². The maximum absolute atomic E-state index is 12.6. The SMILES string of the molecule is COc1ncc(NC(=O)[C@]2(OC)CCC[C@@H](C)C2)cc1C. The van der Waals surface area contributed by atoms with Crippen LogP contribution in [-0.4, -0.2) is 30.7 Å². The van der Waals surface area contributed by atoms with E-state index in [2.05, 4.69) is 17.2 Å². The molecule has 0 unspecified atom stereocenters. The fourth-order valence-electron chi connectivity index (χ4n) is 3.08. The maximum atomic E-state index is 12.6. The number of nitrogens with one attached hydrogen (secondary N) is 1. The van der Waals surface area contributed by atoms with Crippen molar-refractivity contribution in [3.8, 4) is 5.88 Å². The van der Waals surface area contributed by atoms with Gasteiger partial charge in [-0.05, 0) is 38.2 Å². The Labute approximate surface area is 126 Å². The third-order valence-corrected chi connectivity index (χ3v) is 4.24. The molecule has 2 rings (SSSR count). The third kappa shape index (κ3) is 3.35. The highest BCUT2D eigenvalue weighted by atomic mass is 16.5. The van der Waals surface area contributed by atoms with Crippen molar-refractivity contribution in [1.82, 2.24) is 4.98 Å². The second-order valence-corrected chi connectivity index (χ2v) is 5.90. The van der Waals surface area contributed by atoms with Gasteiger partial charge in [-0.1, -0.05) is 13.3 Å². The van der Waals surface area contributed by atoms with Gasteiger partial charge in [-0.15, -0.1) is 0 Å². The molecule has 1 aliphatic carbocycles. The average Bonchev–Trinajstić information content (AvgIpc) is 2.47. The lowest BCUT2D eigenvalue weighted by molar-refractivity contribution is -0.143. The first-order chi connectivity index (χ1) is 10.0. The van der Waals surface area contributed by atoms with Gasteiger partial charge >= 0.3 is 0 Å². The minimum absolute atomic E-state index is 0.0806. The highest BCUT2D eigenvalue weighted by Gasteiger charge is 2.42. The van der Waals surface area contributed by atoms with E-state index >= 15 is 0 Å². The van der Waals surface area contributed by atoms with Gasteiger partial charge < -0.3 is 14.8 Å². The van der Waals surface area contributed by atoms with Crippen LogP contribution in [-0.2, 0) is 9.53 Å². The minimum atomic E-state index is -0.717. The Balaban J connectivity index is 2.14. The zero-order valence-electron chi connectivity index (χ0n) is 13.2. The summed E-state index contributed by atoms with van der Waals surface area (Å²) in [6, 6.07) is 1.86. The standard InChI is InChI=1S/C16H24N2O3/c1-11-6-5-7-16(9-11,21-4)15(19)18-13-8-12(2)14(20-3)17-10-13/h8,10-11H,5-7,9H2,1-4H3,(H,18,19)/t11-,16+/m1/s1. The van der Waals surface area contributed by atoms with Crippen LogP contribution in [0.2, 0.25) is 0 Å². The van der Waals surface area contributed by atoms with Crippen molar-refractivity contribution < 1.29 is 14.3 Å². The van der Waals surface area contributed by atoms with Crippen molar-refractivity contribution >= 4 is 11.6 Å². The number of hydrogen-bond acceptors (Lipinski definition) is 4. The second kappa shape index (κ2) is 6.43. The van der Waals surface area contributed by atoms with Crippen LogP contribution in [0.5, 0.6) is 5.88 Å². The molecule has 0 aliphatic heterocycles. The zero-order valence-corrected chi connectivity index (χ0v) is 13.2. The molecule has 1 amide bonds. The summed E-state index contributed by atoms with van der Waals surface area (Å²) in [5.41, 5.74) is 0.845. The Kier molecular flexibility index (Phi) is 4.83. The number of pyridine rings is 1. The Morgan fingerprint density at radius 3 is 2.81 bits per heavy atom. The van der Waals surface area contributed by atoms with Crippen LogP contribution in [0.25, 0.3) is 0 Å². The van der Waals surface area contributed by atoms with E-state index < -0.39 is 5.60 Å². The molecule has 0 radical (unpaired) electrons. The smallest absolute Gasteiger partial charge is 0.256 e. The molecular weight excluding hydrogens is 268 g/mol. The molecular formula is C16H24N2O3. The molecule has 5 heteroatoms. The number of methoxy groups -OCH3 is 2. The number of anilines is 1. The predicted molar refractivity (Wildman–Crippen MR) is 81.5 cm³/mol. The van der Waals surface area contributed by atoms with Crippen LogP contribution in [0.3, 0.4) is 0 Å². The van der Waals surface area contributed by atoms with Crippen molar-refractivity contribution in [1.29, 1.82) is 0 Å². The molecule has 116 valence electrons. The number of rotatable bonds is 4. The van der Waals surface area contributed by atoms with Gasteiger partial charge in [-0.25, -0.2) is 4.98 Å². The van der Waals surface area contributed by atoms with E-state index in [9.17, 15) is 4.79 Å². The first-order valence-corrected chi connectivity index (χ1v) is 7.38. The summed E-state index contributed by atoms with van der Waals surface area (Å²) in [5, 5.41) is 2.93. The molecule has 1 N–H and O–H groups in total. The highest BCUT2D eigenvalue weighted by Crippen LogP contribution is 2.35. The summed E-state index contributed by atoms with van der Waals surface area (Å²) in [6.07, 6.45) is 5.31. The normalized spacial score (nSPS) is 25.4. The van der Waals surface area contributed by atoms with Crippen molar-refractivity contribution in [2.75, 3.05) is 19.5 Å². The van der Waals surface area contributed by atoms with Gasteiger partial charge in [0.05, 0.1) is 19.0 Å². The van der Waals surface area contributed by atoms with Gasteiger partial charge in [0.15, 0.2) is 0 Å². The van der Waals surface area contributed by atoms with Crippen LogP contribution in [0, 0.1) is 12.8 Å². The zero-order chi connectivity index (χ0) is 15.5. The van der Waals surface area contributed by atoms with Crippen LogP contribution in [0.4, 0.5) is 5.69 Å². The molecule has 1 saturated carbocycles. The first kappa shape index (κ1) is 15.8. The number of aromatic nitrogens is 1. The molecule has 1 heterocycles. The van der Waals surface area contributed by atoms with Gasteiger partial charge in [-0.3, -0.25) is 4.79 Å². The summed E-state index contributed by atoms with van der Waals surface area (Å²) in [7, 11) is 3.20. The predicted octanol–water partition coefficient (Wildman–Crippen LogP) is 2.93. The quantitative estimate of drug-likeness (QED) is 0.927. The lowest BCUT2D eigenvalue weighted by atomic mass is 9.78. The van der Waals surface area contributed by atoms with E-state index in [4.69, 9.17) is 9.47 Å². The van der Waals surface area contributed by atoms with Crippen LogP contribution in [0.15, 0.2) is 12.3 Å². The Morgan fingerprint density at radius 2 is 2.24 bits per heavy atom. The highest BCUT2D eigenvalue weighted by molar-refractivity contribution is 5.97. The first-order valence-electron chi connectivity index (χ1n) is 7.38. The lowest BCUT2D eigenvalue weighted by Crippen LogP contribution is -2.47. The van der Waals surface area contributed by atoms with E-state index in [1.807, 2.05) is 13.0 Å². The topological polar surface area (TPSA) is 60.5 Å². The molecule has 1 aromatic rings. The molecule has 0 bridgehead atoms. The van der Waals surface area contributed by atoms with Crippen molar-refractivity contribution in [2.24, 2.45) is 5.92 Å². The summed E-state index contributed by atoms with van der Waals surface area (Å²) in [6.45, 7) is 4.07. The fourth-order valence-corrected chi connectivity index (χ4v) is 3.08. The number of aryl methyl sites for hydroxylation is 1. The Morgan fingerprint density at radius 1 is 1.48 bits per heavy atom. The van der Waals surface area contributed by atoms with E-state index in [1.165, 1.54) is 0 Å². The van der Waals surface area contributed by atoms with E-state index in [0.29, 0.717) is 17.5 Å². The second-order valence-electron chi connectivity index (χ2n) is 5.90. The number of carbonyl (C=O) groups excluding carboxylic acids is 1. The molecule has 0 spiro atoms. The monoisotopic (exact) mass is 292 g/mol. The van der Waals surface area contributed by atoms with E-state index in [-0.39, 0.29) is 5.91 Å². The molecule has 2 atom stereocenters. The summed E-state index contributed by atoms with van der Waals surface area (Å²) in [4.78, 5) is 16.8. The summed E-state index contributed by atoms with van der Waals surface area (Å²) in [5.74, 6) is 0.990. The van der Waals surface area contributed by atoms with Crippen molar-refractivity contribution in [3.63, 3.8) is 0 Å². The summed E-state index contributed by atoms with van der Waals surface area (Å²) >= 11 is 0. The number of nitrogens with zero attached hydrogens (tertiary/aromatic N) is 1. The molecule has 0 aromatic carbocycles.